The normalized spacial score (nSPS) is 10.9. The van der Waals surface area contributed by atoms with Gasteiger partial charge in [-0.25, -0.2) is 0 Å². The second-order valence-corrected chi connectivity index (χ2v) is 5.36. The van der Waals surface area contributed by atoms with Crippen molar-refractivity contribution in [3.63, 3.8) is 0 Å². The van der Waals surface area contributed by atoms with Crippen molar-refractivity contribution in [2.75, 3.05) is 0 Å². The lowest BCUT2D eigenvalue weighted by Crippen LogP contribution is -2.17. The Balaban J connectivity index is 2.36. The van der Waals surface area contributed by atoms with Crippen molar-refractivity contribution in [3.8, 4) is 28.1 Å². The molecule has 2 aromatic heterocycles. The molecular weight excluding hydrogens is 294 g/mol. The molecule has 7 heteroatoms. The SMILES string of the molecule is Cc1noc(C)c1-c1c(-c2ccc(O)cc2)nn(C)c1C(=N)N. The average Bonchev–Trinajstić information content (AvgIpc) is 2.99. The third-order valence-electron chi connectivity index (χ3n) is 3.73. The van der Waals surface area contributed by atoms with Crippen molar-refractivity contribution in [3.05, 3.63) is 41.4 Å². The summed E-state index contributed by atoms with van der Waals surface area (Å²) in [4.78, 5) is 0. The van der Waals surface area contributed by atoms with Crippen molar-refractivity contribution < 1.29 is 9.63 Å². The number of aromatic nitrogens is 3. The molecule has 0 aliphatic heterocycles. The maximum absolute atomic E-state index is 9.49. The highest BCUT2D eigenvalue weighted by molar-refractivity contribution is 6.04. The van der Waals surface area contributed by atoms with E-state index >= 15 is 0 Å². The molecule has 1 aromatic carbocycles. The van der Waals surface area contributed by atoms with E-state index in [4.69, 9.17) is 15.7 Å². The number of nitrogens with one attached hydrogen (secondary N) is 1. The third kappa shape index (κ3) is 2.36. The summed E-state index contributed by atoms with van der Waals surface area (Å²) >= 11 is 0. The Morgan fingerprint density at radius 3 is 2.39 bits per heavy atom. The molecule has 23 heavy (non-hydrogen) atoms. The Labute approximate surface area is 132 Å². The van der Waals surface area contributed by atoms with Crippen LogP contribution in [0.4, 0.5) is 0 Å². The highest BCUT2D eigenvalue weighted by Crippen LogP contribution is 2.38. The maximum atomic E-state index is 9.49. The molecule has 4 N–H and O–H groups in total. The van der Waals surface area contributed by atoms with E-state index in [2.05, 4.69) is 10.3 Å². The lowest BCUT2D eigenvalue weighted by Gasteiger charge is -2.06. The van der Waals surface area contributed by atoms with E-state index in [1.165, 1.54) is 0 Å². The van der Waals surface area contributed by atoms with E-state index < -0.39 is 0 Å². The van der Waals surface area contributed by atoms with Crippen LogP contribution in [-0.2, 0) is 7.05 Å². The largest absolute Gasteiger partial charge is 0.508 e. The first-order valence-corrected chi connectivity index (χ1v) is 7.04. The van der Waals surface area contributed by atoms with Crippen molar-refractivity contribution in [2.24, 2.45) is 12.8 Å². The number of amidine groups is 1. The lowest BCUT2D eigenvalue weighted by molar-refractivity contribution is 0.393. The summed E-state index contributed by atoms with van der Waals surface area (Å²) in [6.07, 6.45) is 0. The van der Waals surface area contributed by atoms with Crippen LogP contribution < -0.4 is 5.73 Å². The molecule has 0 saturated carbocycles. The van der Waals surface area contributed by atoms with Gasteiger partial charge in [-0.3, -0.25) is 10.1 Å². The van der Waals surface area contributed by atoms with Gasteiger partial charge in [0.2, 0.25) is 0 Å². The van der Waals surface area contributed by atoms with Gasteiger partial charge in [-0.05, 0) is 38.1 Å². The van der Waals surface area contributed by atoms with E-state index in [9.17, 15) is 5.11 Å². The summed E-state index contributed by atoms with van der Waals surface area (Å²) in [5, 5.41) is 25.9. The predicted octanol–water partition coefficient (Wildman–Crippen LogP) is 2.35. The van der Waals surface area contributed by atoms with Crippen LogP contribution in [0.1, 0.15) is 17.1 Å². The van der Waals surface area contributed by atoms with Gasteiger partial charge >= 0.3 is 0 Å². The first-order chi connectivity index (χ1) is 10.9. The molecule has 0 aliphatic rings. The molecule has 0 amide bonds. The Hall–Kier alpha value is -3.09. The van der Waals surface area contributed by atoms with Crippen molar-refractivity contribution in [1.82, 2.24) is 14.9 Å². The highest BCUT2D eigenvalue weighted by atomic mass is 16.5. The molecule has 3 rings (SSSR count). The summed E-state index contributed by atoms with van der Waals surface area (Å²) in [5.74, 6) is 0.730. The quantitative estimate of drug-likeness (QED) is 0.507. The number of aryl methyl sites for hydroxylation is 3. The van der Waals surface area contributed by atoms with Crippen LogP contribution in [0.5, 0.6) is 5.75 Å². The van der Waals surface area contributed by atoms with Gasteiger partial charge in [0.05, 0.1) is 11.3 Å². The summed E-state index contributed by atoms with van der Waals surface area (Å²) in [5.41, 5.74) is 9.94. The molecule has 0 aliphatic carbocycles. The van der Waals surface area contributed by atoms with Crippen molar-refractivity contribution in [2.45, 2.75) is 13.8 Å². The number of phenolic OH excluding ortho intramolecular Hbond substituents is 1. The first kappa shape index (κ1) is 14.8. The number of rotatable bonds is 3. The smallest absolute Gasteiger partial charge is 0.142 e. The highest BCUT2D eigenvalue weighted by Gasteiger charge is 2.26. The number of nitrogens with zero attached hydrogens (tertiary/aromatic N) is 3. The minimum atomic E-state index is -0.0833. The van der Waals surface area contributed by atoms with Crippen LogP contribution in [0.15, 0.2) is 28.8 Å². The van der Waals surface area contributed by atoms with Gasteiger partial charge < -0.3 is 15.4 Å². The molecule has 7 nitrogen and oxygen atoms in total. The molecule has 2 heterocycles. The molecule has 118 valence electrons. The Morgan fingerprint density at radius 2 is 1.87 bits per heavy atom. The van der Waals surface area contributed by atoms with Gasteiger partial charge in [0.1, 0.15) is 28.7 Å². The van der Waals surface area contributed by atoms with Crippen molar-refractivity contribution >= 4 is 5.84 Å². The number of aromatic hydroxyl groups is 1. The standard InChI is InChI=1S/C16H17N5O2/c1-8-12(9(2)23-20-8)13-14(10-4-6-11(22)7-5-10)19-21(3)15(13)16(17)18/h4-7,22H,1-3H3,(H3,17,18). The zero-order chi connectivity index (χ0) is 16.7. The predicted molar refractivity (Wildman–Crippen MR) is 86.3 cm³/mol. The summed E-state index contributed by atoms with van der Waals surface area (Å²) < 4.78 is 6.84. The number of hydrogen-bond acceptors (Lipinski definition) is 5. The summed E-state index contributed by atoms with van der Waals surface area (Å²) in [7, 11) is 1.74. The molecule has 0 unspecified atom stereocenters. The molecule has 0 saturated heterocycles. The van der Waals surface area contributed by atoms with E-state index in [0.717, 1.165) is 11.1 Å². The van der Waals surface area contributed by atoms with Crippen molar-refractivity contribution in [1.29, 1.82) is 5.41 Å². The Kier molecular flexibility index (Phi) is 3.40. The van der Waals surface area contributed by atoms with E-state index in [1.807, 2.05) is 13.8 Å². The Morgan fingerprint density at radius 1 is 1.22 bits per heavy atom. The third-order valence-corrected chi connectivity index (χ3v) is 3.73. The van der Waals surface area contributed by atoms with Crippen LogP contribution >= 0.6 is 0 Å². The summed E-state index contributed by atoms with van der Waals surface area (Å²) in [6.45, 7) is 3.65. The lowest BCUT2D eigenvalue weighted by atomic mass is 9.97. The molecule has 0 bridgehead atoms. The number of nitrogens with two attached hydrogens (primary N) is 1. The van der Waals surface area contributed by atoms with E-state index in [1.54, 1.807) is 36.0 Å². The van der Waals surface area contributed by atoms with Gasteiger partial charge in [-0.15, -0.1) is 0 Å². The number of phenols is 1. The maximum Gasteiger partial charge on any atom is 0.142 e. The first-order valence-electron chi connectivity index (χ1n) is 7.04. The summed E-state index contributed by atoms with van der Waals surface area (Å²) in [6, 6.07) is 6.72. The molecule has 0 atom stereocenters. The fourth-order valence-electron chi connectivity index (χ4n) is 2.73. The zero-order valence-electron chi connectivity index (χ0n) is 13.1. The van der Waals surface area contributed by atoms with Gasteiger partial charge in [0.15, 0.2) is 0 Å². The van der Waals surface area contributed by atoms with Crippen LogP contribution in [0, 0.1) is 19.3 Å². The molecular formula is C16H17N5O2. The number of hydrogen-bond donors (Lipinski definition) is 3. The van der Waals surface area contributed by atoms with Gasteiger partial charge in [-0.1, -0.05) is 5.16 Å². The zero-order valence-corrected chi connectivity index (χ0v) is 13.1. The fraction of sp³-hybridized carbons (Fsp3) is 0.188. The minimum absolute atomic E-state index is 0.0833. The Bertz CT molecular complexity index is 871. The van der Waals surface area contributed by atoms with Crippen LogP contribution in [0.2, 0.25) is 0 Å². The topological polar surface area (TPSA) is 114 Å². The van der Waals surface area contributed by atoms with Crippen LogP contribution in [0.25, 0.3) is 22.4 Å². The molecule has 0 spiro atoms. The number of nitrogen functional groups attached to an aromatic ring is 1. The second-order valence-electron chi connectivity index (χ2n) is 5.36. The van der Waals surface area contributed by atoms with Gasteiger partial charge in [-0.2, -0.15) is 5.10 Å². The molecule has 3 aromatic rings. The molecule has 0 radical (unpaired) electrons. The second kappa shape index (κ2) is 5.28. The number of benzene rings is 1. The molecule has 0 fully saturated rings. The average molecular weight is 311 g/mol. The monoisotopic (exact) mass is 311 g/mol. The van der Waals surface area contributed by atoms with E-state index in [-0.39, 0.29) is 11.6 Å². The van der Waals surface area contributed by atoms with E-state index in [0.29, 0.717) is 28.4 Å². The fourth-order valence-corrected chi connectivity index (χ4v) is 2.73. The van der Waals surface area contributed by atoms with Crippen LogP contribution in [-0.4, -0.2) is 25.9 Å². The van der Waals surface area contributed by atoms with Crippen LogP contribution in [0.3, 0.4) is 0 Å². The van der Waals surface area contributed by atoms with Gasteiger partial charge in [0.25, 0.3) is 0 Å². The minimum Gasteiger partial charge on any atom is -0.508 e. The van der Waals surface area contributed by atoms with Gasteiger partial charge in [0, 0.05) is 18.2 Å².